The van der Waals surface area contributed by atoms with E-state index in [2.05, 4.69) is 19.0 Å². The van der Waals surface area contributed by atoms with Gasteiger partial charge in [-0.05, 0) is 39.3 Å². The molecule has 1 fully saturated rings. The Morgan fingerprint density at radius 3 is 2.88 bits per heavy atom. The summed E-state index contributed by atoms with van der Waals surface area (Å²) in [6.45, 7) is 0. The minimum absolute atomic E-state index is 0.126. The van der Waals surface area contributed by atoms with Crippen LogP contribution in [0.3, 0.4) is 0 Å². The fraction of sp³-hybridized carbons (Fsp3) is 0.786. The summed E-state index contributed by atoms with van der Waals surface area (Å²) in [6, 6.07) is 0. The first-order chi connectivity index (χ1) is 8.12. The van der Waals surface area contributed by atoms with Crippen molar-refractivity contribution < 1.29 is 9.53 Å². The minimum atomic E-state index is -0.126. The van der Waals surface area contributed by atoms with Gasteiger partial charge in [-0.2, -0.15) is 0 Å². The van der Waals surface area contributed by atoms with E-state index < -0.39 is 0 Å². The molecule has 0 N–H and O–H groups in total. The highest BCUT2D eigenvalue weighted by atomic mass is 16.5. The Labute approximate surface area is 103 Å². The number of fused-ring (bicyclic) bond motifs is 3. The Kier molecular flexibility index (Phi) is 2.54. The van der Waals surface area contributed by atoms with Gasteiger partial charge in [0.1, 0.15) is 5.76 Å². The van der Waals surface area contributed by atoms with Crippen molar-refractivity contribution in [3.8, 4) is 0 Å². The number of nitrogens with zero attached hydrogens (tertiary/aromatic N) is 1. The summed E-state index contributed by atoms with van der Waals surface area (Å²) in [4.78, 5) is 14.3. The van der Waals surface area contributed by atoms with Gasteiger partial charge < -0.3 is 4.74 Å². The van der Waals surface area contributed by atoms with Gasteiger partial charge in [-0.25, -0.2) is 0 Å². The zero-order valence-electron chi connectivity index (χ0n) is 10.8. The molecular weight excluding hydrogens is 214 g/mol. The molecule has 3 heteroatoms. The van der Waals surface area contributed by atoms with Gasteiger partial charge in [0, 0.05) is 31.3 Å². The van der Waals surface area contributed by atoms with Crippen LogP contribution >= 0.6 is 0 Å². The van der Waals surface area contributed by atoms with Crippen LogP contribution < -0.4 is 0 Å². The summed E-state index contributed by atoms with van der Waals surface area (Å²) < 4.78 is 6.27. The van der Waals surface area contributed by atoms with Crippen LogP contribution in [0, 0.1) is 5.92 Å². The maximum atomic E-state index is 12.1. The third-order valence-electron chi connectivity index (χ3n) is 4.63. The average Bonchev–Trinajstić information content (AvgIpc) is 2.28. The highest BCUT2D eigenvalue weighted by Gasteiger charge is 2.48. The molecule has 1 heterocycles. The normalized spacial score (nSPS) is 36.9. The van der Waals surface area contributed by atoms with Gasteiger partial charge in [0.15, 0.2) is 11.5 Å². The van der Waals surface area contributed by atoms with Crippen molar-refractivity contribution in [2.75, 3.05) is 14.1 Å². The van der Waals surface area contributed by atoms with Crippen molar-refractivity contribution in [3.05, 3.63) is 11.3 Å². The Bertz CT molecular complexity index is 386. The second-order valence-electron chi connectivity index (χ2n) is 5.85. The lowest BCUT2D eigenvalue weighted by molar-refractivity contribution is -0.157. The third-order valence-corrected chi connectivity index (χ3v) is 4.63. The molecule has 3 rings (SSSR count). The summed E-state index contributed by atoms with van der Waals surface area (Å²) in [5, 5.41) is 0. The molecule has 0 spiro atoms. The van der Waals surface area contributed by atoms with Gasteiger partial charge in [-0.15, -0.1) is 0 Å². The predicted octanol–water partition coefficient (Wildman–Crippen LogP) is 2.47. The fourth-order valence-corrected chi connectivity index (χ4v) is 3.68. The number of hydrogen-bond donors (Lipinski definition) is 0. The van der Waals surface area contributed by atoms with Crippen LogP contribution in [0.25, 0.3) is 0 Å². The highest BCUT2D eigenvalue weighted by Crippen LogP contribution is 2.48. The van der Waals surface area contributed by atoms with E-state index in [1.807, 2.05) is 0 Å². The van der Waals surface area contributed by atoms with Crippen LogP contribution in [0.1, 0.15) is 44.9 Å². The van der Waals surface area contributed by atoms with Crippen LogP contribution in [0.15, 0.2) is 11.3 Å². The molecule has 17 heavy (non-hydrogen) atoms. The second kappa shape index (κ2) is 3.84. The van der Waals surface area contributed by atoms with Crippen molar-refractivity contribution in [2.45, 2.75) is 50.7 Å². The fourth-order valence-electron chi connectivity index (χ4n) is 3.68. The standard InChI is InChI=1S/C14H21NO2/c1-15(2)14-8-4-5-10(9-14)13-11(16)6-3-7-12(13)17-14/h10H,3-9H2,1-2H3/t10-,14+/m1/s1. The molecule has 0 unspecified atom stereocenters. The smallest absolute Gasteiger partial charge is 0.163 e. The SMILES string of the molecule is CN(C)[C@]12CCC[C@H](C1)C1=C(CCCC1=O)O2. The molecule has 0 aromatic heterocycles. The first-order valence-corrected chi connectivity index (χ1v) is 6.75. The largest absolute Gasteiger partial charge is 0.476 e. The number of ether oxygens (including phenoxy) is 1. The zero-order valence-corrected chi connectivity index (χ0v) is 10.8. The predicted molar refractivity (Wildman–Crippen MR) is 65.3 cm³/mol. The first kappa shape index (κ1) is 11.3. The minimum Gasteiger partial charge on any atom is -0.476 e. The zero-order chi connectivity index (χ0) is 12.0. The van der Waals surface area contributed by atoms with Crippen LogP contribution in [0.4, 0.5) is 0 Å². The molecule has 0 aromatic carbocycles. The molecule has 0 saturated heterocycles. The number of Topliss-reactive ketones (excluding diaryl/α,β-unsaturated/α-hetero) is 1. The third kappa shape index (κ3) is 1.63. The molecule has 2 bridgehead atoms. The Balaban J connectivity index is 2.01. The molecule has 1 aliphatic heterocycles. The van der Waals surface area contributed by atoms with Crippen LogP contribution in [-0.4, -0.2) is 30.5 Å². The molecule has 0 aromatic rings. The van der Waals surface area contributed by atoms with Crippen LogP contribution in [0.2, 0.25) is 0 Å². The van der Waals surface area contributed by atoms with Crippen molar-refractivity contribution in [1.82, 2.24) is 4.90 Å². The highest BCUT2D eigenvalue weighted by molar-refractivity contribution is 5.97. The quantitative estimate of drug-likeness (QED) is 0.699. The van der Waals surface area contributed by atoms with E-state index >= 15 is 0 Å². The number of carbonyl (C=O) groups is 1. The van der Waals surface area contributed by atoms with E-state index in [4.69, 9.17) is 4.74 Å². The van der Waals surface area contributed by atoms with Crippen LogP contribution in [0.5, 0.6) is 0 Å². The molecule has 0 amide bonds. The Morgan fingerprint density at radius 1 is 1.29 bits per heavy atom. The summed E-state index contributed by atoms with van der Waals surface area (Å²) in [5.74, 6) is 1.83. The number of rotatable bonds is 1. The first-order valence-electron chi connectivity index (χ1n) is 6.75. The van der Waals surface area contributed by atoms with Gasteiger partial charge in [0.05, 0.1) is 0 Å². The van der Waals surface area contributed by atoms with Crippen molar-refractivity contribution in [3.63, 3.8) is 0 Å². The monoisotopic (exact) mass is 235 g/mol. The molecule has 1 saturated carbocycles. The lowest BCUT2D eigenvalue weighted by Gasteiger charge is -2.50. The van der Waals surface area contributed by atoms with Crippen molar-refractivity contribution in [1.29, 1.82) is 0 Å². The van der Waals surface area contributed by atoms with E-state index in [-0.39, 0.29) is 5.72 Å². The molecule has 2 aliphatic carbocycles. The topological polar surface area (TPSA) is 29.5 Å². The maximum Gasteiger partial charge on any atom is 0.163 e. The van der Waals surface area contributed by atoms with Gasteiger partial charge in [0.2, 0.25) is 0 Å². The number of allylic oxidation sites excluding steroid dienone is 2. The number of carbonyl (C=O) groups excluding carboxylic acids is 1. The maximum absolute atomic E-state index is 12.1. The van der Waals surface area contributed by atoms with E-state index in [9.17, 15) is 4.79 Å². The molecule has 0 radical (unpaired) electrons. The van der Waals surface area contributed by atoms with E-state index in [0.29, 0.717) is 11.7 Å². The molecule has 3 aliphatic rings. The summed E-state index contributed by atoms with van der Waals surface area (Å²) >= 11 is 0. The molecule has 3 nitrogen and oxygen atoms in total. The van der Waals surface area contributed by atoms with Gasteiger partial charge in [-0.3, -0.25) is 9.69 Å². The molecular formula is C14H21NO2. The molecule has 94 valence electrons. The average molecular weight is 235 g/mol. The van der Waals surface area contributed by atoms with Gasteiger partial charge in [0.25, 0.3) is 0 Å². The summed E-state index contributed by atoms with van der Waals surface area (Å²) in [5.41, 5.74) is 0.924. The second-order valence-corrected chi connectivity index (χ2v) is 5.85. The van der Waals surface area contributed by atoms with E-state index in [1.54, 1.807) is 0 Å². The van der Waals surface area contributed by atoms with Crippen molar-refractivity contribution >= 4 is 5.78 Å². The van der Waals surface area contributed by atoms with Gasteiger partial charge >= 0.3 is 0 Å². The lowest BCUT2D eigenvalue weighted by atomic mass is 9.72. The van der Waals surface area contributed by atoms with E-state index in [1.165, 1.54) is 12.8 Å². The summed E-state index contributed by atoms with van der Waals surface area (Å²) in [6.07, 6.45) is 7.11. The lowest BCUT2D eigenvalue weighted by Crippen LogP contribution is -2.53. The Hall–Kier alpha value is -0.830. The number of hydrogen-bond acceptors (Lipinski definition) is 3. The van der Waals surface area contributed by atoms with E-state index in [0.717, 1.165) is 43.4 Å². The molecule has 2 atom stereocenters. The Morgan fingerprint density at radius 2 is 2.12 bits per heavy atom. The summed E-state index contributed by atoms with van der Waals surface area (Å²) in [7, 11) is 4.19. The van der Waals surface area contributed by atoms with Gasteiger partial charge in [-0.1, -0.05) is 0 Å². The number of ketones is 1. The van der Waals surface area contributed by atoms with Crippen LogP contribution in [-0.2, 0) is 9.53 Å². The van der Waals surface area contributed by atoms with Crippen molar-refractivity contribution in [2.24, 2.45) is 5.92 Å².